The molecule has 0 aliphatic heterocycles. The molecule has 2 aromatic rings. The minimum atomic E-state index is -0.0218. The minimum absolute atomic E-state index is 0.0142. The predicted octanol–water partition coefficient (Wildman–Crippen LogP) is 0.689. The van der Waals surface area contributed by atoms with Gasteiger partial charge in [-0.25, -0.2) is 9.97 Å². The molecule has 2 aromatic heterocycles. The van der Waals surface area contributed by atoms with E-state index in [2.05, 4.69) is 32.6 Å². The second-order valence-corrected chi connectivity index (χ2v) is 5.57. The molecule has 0 saturated heterocycles. The number of nitrogens with zero attached hydrogens (tertiary/aromatic N) is 4. The number of aliphatic hydroxyl groups is 1. The topological polar surface area (TPSA) is 96.8 Å². The molecule has 114 valence electrons. The number of aliphatic hydroxyl groups excluding tert-OH is 1. The minimum Gasteiger partial charge on any atom is -0.395 e. The van der Waals surface area contributed by atoms with E-state index in [1.54, 1.807) is 17.3 Å². The molecular formula is C13H18IN5O2. The van der Waals surface area contributed by atoms with Crippen molar-refractivity contribution in [2.75, 3.05) is 25.4 Å². The van der Waals surface area contributed by atoms with E-state index in [1.165, 1.54) is 0 Å². The standard InChI is InChI=1S/C13H18IN5O2/c1-2-18(7-8-20)10(21)4-3-9-17-12(14)11-13(15)16-5-6-19(9)11/h5-6,20H,2-4,7-8H2,1H3,(H2,15,16). The molecule has 3 N–H and O–H groups in total. The maximum absolute atomic E-state index is 12.1. The second-order valence-electron chi connectivity index (χ2n) is 4.55. The van der Waals surface area contributed by atoms with Gasteiger partial charge in [0.15, 0.2) is 5.82 Å². The molecule has 0 fully saturated rings. The highest BCUT2D eigenvalue weighted by atomic mass is 127. The lowest BCUT2D eigenvalue weighted by atomic mass is 10.2. The van der Waals surface area contributed by atoms with Crippen LogP contribution in [0.3, 0.4) is 0 Å². The number of rotatable bonds is 6. The summed E-state index contributed by atoms with van der Waals surface area (Å²) in [6, 6.07) is 0. The summed E-state index contributed by atoms with van der Waals surface area (Å²) < 4.78 is 2.66. The lowest BCUT2D eigenvalue weighted by Crippen LogP contribution is -2.33. The van der Waals surface area contributed by atoms with Crippen molar-refractivity contribution in [1.29, 1.82) is 0 Å². The zero-order valence-corrected chi connectivity index (χ0v) is 13.9. The van der Waals surface area contributed by atoms with Crippen molar-refractivity contribution >= 4 is 39.8 Å². The number of carbonyl (C=O) groups excluding carboxylic acids is 1. The van der Waals surface area contributed by atoms with Crippen molar-refractivity contribution in [3.8, 4) is 0 Å². The summed E-state index contributed by atoms with van der Waals surface area (Å²) in [6.45, 7) is 2.84. The number of anilines is 1. The Morgan fingerprint density at radius 3 is 3.00 bits per heavy atom. The number of nitrogen functional groups attached to an aromatic ring is 1. The Morgan fingerprint density at radius 2 is 2.33 bits per heavy atom. The molecule has 0 radical (unpaired) electrons. The van der Waals surface area contributed by atoms with Crippen LogP contribution in [-0.2, 0) is 11.2 Å². The van der Waals surface area contributed by atoms with Crippen LogP contribution >= 0.6 is 22.6 Å². The van der Waals surface area contributed by atoms with Gasteiger partial charge in [-0.1, -0.05) is 0 Å². The summed E-state index contributed by atoms with van der Waals surface area (Å²) in [5, 5.41) is 8.94. The monoisotopic (exact) mass is 403 g/mol. The smallest absolute Gasteiger partial charge is 0.223 e. The van der Waals surface area contributed by atoms with Crippen LogP contribution in [0.5, 0.6) is 0 Å². The van der Waals surface area contributed by atoms with Crippen molar-refractivity contribution in [2.45, 2.75) is 19.8 Å². The fourth-order valence-electron chi connectivity index (χ4n) is 2.21. The maximum Gasteiger partial charge on any atom is 0.223 e. The van der Waals surface area contributed by atoms with Gasteiger partial charge in [0.05, 0.1) is 6.61 Å². The molecule has 2 heterocycles. The van der Waals surface area contributed by atoms with E-state index in [9.17, 15) is 4.79 Å². The quantitative estimate of drug-likeness (QED) is 0.692. The largest absolute Gasteiger partial charge is 0.395 e. The van der Waals surface area contributed by atoms with Gasteiger partial charge in [-0.3, -0.25) is 9.20 Å². The van der Waals surface area contributed by atoms with Crippen LogP contribution in [0.2, 0.25) is 0 Å². The number of imidazole rings is 1. The summed E-state index contributed by atoms with van der Waals surface area (Å²) in [5.74, 6) is 1.24. The molecule has 0 aliphatic rings. The highest BCUT2D eigenvalue weighted by molar-refractivity contribution is 14.1. The van der Waals surface area contributed by atoms with Crippen LogP contribution in [-0.4, -0.2) is 50.0 Å². The lowest BCUT2D eigenvalue weighted by molar-refractivity contribution is -0.131. The Kier molecular flexibility index (Phi) is 5.34. The van der Waals surface area contributed by atoms with Gasteiger partial charge in [0.2, 0.25) is 5.91 Å². The predicted molar refractivity (Wildman–Crippen MR) is 87.8 cm³/mol. The summed E-state index contributed by atoms with van der Waals surface area (Å²) in [4.78, 5) is 22.2. The van der Waals surface area contributed by atoms with Crippen molar-refractivity contribution in [3.63, 3.8) is 0 Å². The van der Waals surface area contributed by atoms with Crippen molar-refractivity contribution in [3.05, 3.63) is 21.9 Å². The molecule has 0 atom stereocenters. The first-order chi connectivity index (χ1) is 10.1. The Bertz CT molecular complexity index is 643. The number of likely N-dealkylation sites (N-methyl/N-ethyl adjacent to an activating group) is 1. The number of halogens is 1. The summed E-state index contributed by atoms with van der Waals surface area (Å²) in [6.07, 6.45) is 4.29. The lowest BCUT2D eigenvalue weighted by Gasteiger charge is -2.19. The van der Waals surface area contributed by atoms with Crippen molar-refractivity contribution in [2.24, 2.45) is 0 Å². The first-order valence-corrected chi connectivity index (χ1v) is 7.81. The first-order valence-electron chi connectivity index (χ1n) is 6.74. The van der Waals surface area contributed by atoms with Crippen LogP contribution in [0.15, 0.2) is 12.4 Å². The number of aromatic nitrogens is 3. The Labute approximate surface area is 136 Å². The van der Waals surface area contributed by atoms with E-state index in [1.807, 2.05) is 11.3 Å². The van der Waals surface area contributed by atoms with Gasteiger partial charge >= 0.3 is 0 Å². The normalized spacial score (nSPS) is 11.0. The van der Waals surface area contributed by atoms with Gasteiger partial charge in [-0.15, -0.1) is 0 Å². The fourth-order valence-corrected chi connectivity index (χ4v) is 3.03. The third-order valence-corrected chi connectivity index (χ3v) is 4.03. The van der Waals surface area contributed by atoms with E-state index < -0.39 is 0 Å². The van der Waals surface area contributed by atoms with Gasteiger partial charge in [0.25, 0.3) is 0 Å². The fraction of sp³-hybridized carbons (Fsp3) is 0.462. The van der Waals surface area contributed by atoms with Crippen molar-refractivity contribution < 1.29 is 9.90 Å². The SMILES string of the molecule is CCN(CCO)C(=O)CCc1nc(I)c2c(N)nccn12. The van der Waals surface area contributed by atoms with Crippen LogP contribution < -0.4 is 5.73 Å². The first kappa shape index (κ1) is 16.0. The van der Waals surface area contributed by atoms with Crippen LogP contribution in [0, 0.1) is 3.70 Å². The molecule has 2 rings (SSSR count). The van der Waals surface area contributed by atoms with Crippen LogP contribution in [0.25, 0.3) is 5.52 Å². The van der Waals surface area contributed by atoms with E-state index in [0.717, 1.165) is 15.0 Å². The number of hydrogen-bond acceptors (Lipinski definition) is 5. The number of aryl methyl sites for hydroxylation is 1. The van der Waals surface area contributed by atoms with Gasteiger partial charge in [0.1, 0.15) is 15.0 Å². The van der Waals surface area contributed by atoms with E-state index in [-0.39, 0.29) is 12.5 Å². The molecule has 0 aromatic carbocycles. The maximum atomic E-state index is 12.1. The number of carbonyl (C=O) groups is 1. The number of amides is 1. The molecule has 0 bridgehead atoms. The average molecular weight is 403 g/mol. The molecule has 21 heavy (non-hydrogen) atoms. The number of nitrogens with two attached hydrogens (primary N) is 1. The van der Waals surface area contributed by atoms with Gasteiger partial charge in [-0.05, 0) is 29.5 Å². The molecule has 0 spiro atoms. The highest BCUT2D eigenvalue weighted by Gasteiger charge is 2.15. The summed E-state index contributed by atoms with van der Waals surface area (Å²) >= 11 is 2.12. The Morgan fingerprint density at radius 1 is 1.57 bits per heavy atom. The molecule has 8 heteroatoms. The highest BCUT2D eigenvalue weighted by Crippen LogP contribution is 2.20. The Balaban J connectivity index is 2.14. The van der Waals surface area contributed by atoms with Gasteiger partial charge in [-0.2, -0.15) is 0 Å². The van der Waals surface area contributed by atoms with E-state index in [4.69, 9.17) is 10.8 Å². The molecule has 0 aliphatic carbocycles. The zero-order valence-electron chi connectivity index (χ0n) is 11.8. The summed E-state index contributed by atoms with van der Waals surface area (Å²) in [5.41, 5.74) is 6.64. The second kappa shape index (κ2) is 7.03. The van der Waals surface area contributed by atoms with Gasteiger partial charge < -0.3 is 15.7 Å². The van der Waals surface area contributed by atoms with E-state index in [0.29, 0.717) is 31.7 Å². The average Bonchev–Trinajstić information content (AvgIpc) is 2.80. The van der Waals surface area contributed by atoms with Gasteiger partial charge in [0, 0.05) is 38.3 Å². The third kappa shape index (κ3) is 3.43. The molecular weight excluding hydrogens is 385 g/mol. The summed E-state index contributed by atoms with van der Waals surface area (Å²) in [7, 11) is 0. The number of hydrogen-bond donors (Lipinski definition) is 2. The molecule has 0 saturated carbocycles. The molecule has 1 amide bonds. The number of fused-ring (bicyclic) bond motifs is 1. The van der Waals surface area contributed by atoms with E-state index >= 15 is 0 Å². The molecule has 7 nitrogen and oxygen atoms in total. The zero-order chi connectivity index (χ0) is 15.4. The molecule has 0 unspecified atom stereocenters. The Hall–Kier alpha value is -1.42. The third-order valence-electron chi connectivity index (χ3n) is 3.28. The van der Waals surface area contributed by atoms with Crippen LogP contribution in [0.1, 0.15) is 19.2 Å². The van der Waals surface area contributed by atoms with Crippen LogP contribution in [0.4, 0.5) is 5.82 Å². The van der Waals surface area contributed by atoms with Crippen molar-refractivity contribution in [1.82, 2.24) is 19.3 Å².